The van der Waals surface area contributed by atoms with E-state index >= 15 is 4.39 Å². The molecule has 0 bridgehead atoms. The smallest absolute Gasteiger partial charge is 0.264 e. The number of carbonyl (C=O) groups excluding carboxylic acids is 1. The molecule has 4 heterocycles. The van der Waals surface area contributed by atoms with Gasteiger partial charge in [-0.3, -0.25) is 9.69 Å². The molecule has 2 aliphatic rings. The maximum Gasteiger partial charge on any atom is 0.264 e. The molecule has 0 saturated carbocycles. The van der Waals surface area contributed by atoms with Gasteiger partial charge in [0, 0.05) is 36.8 Å². The predicted molar refractivity (Wildman–Crippen MR) is 162 cm³/mol. The molecule has 0 aliphatic carbocycles. The highest BCUT2D eigenvalue weighted by Gasteiger charge is 2.38. The van der Waals surface area contributed by atoms with Crippen molar-refractivity contribution < 1.29 is 19.0 Å². The molecule has 1 amide bonds. The first kappa shape index (κ1) is 29.2. The van der Waals surface area contributed by atoms with E-state index in [0.29, 0.717) is 54.9 Å². The summed E-state index contributed by atoms with van der Waals surface area (Å²) in [6.45, 7) is 5.19. The second kappa shape index (κ2) is 11.7. The summed E-state index contributed by atoms with van der Waals surface area (Å²) in [7, 11) is 0. The number of piperidine rings is 1. The van der Waals surface area contributed by atoms with E-state index in [1.54, 1.807) is 39.9 Å². The Hall–Kier alpha value is -4.86. The Morgan fingerprint density at radius 2 is 1.95 bits per heavy atom. The Balaban J connectivity index is 1.29. The molecule has 0 spiro atoms. The van der Waals surface area contributed by atoms with Crippen molar-refractivity contribution in [2.75, 3.05) is 25.4 Å². The van der Waals surface area contributed by atoms with Gasteiger partial charge in [-0.15, -0.1) is 0 Å². The van der Waals surface area contributed by atoms with Crippen LogP contribution in [0.1, 0.15) is 39.2 Å². The minimum Gasteiger partial charge on any atom is -0.457 e. The van der Waals surface area contributed by atoms with E-state index < -0.39 is 17.6 Å². The van der Waals surface area contributed by atoms with Gasteiger partial charge in [0.25, 0.3) is 5.91 Å². The van der Waals surface area contributed by atoms with Crippen LogP contribution in [0.15, 0.2) is 66.5 Å². The number of aliphatic hydroxyl groups is 1. The number of nitrogens with zero attached hydrogens (tertiary/aromatic N) is 7. The SMILES string of the molecule is CC(C)(/C=C(/C#N)C(=O)N1CCC[C@@H](n2nc(-c3ccc(Oc4ccccc4)cc3F)c3c(N)ncnc32)C1)N1CCC1O. The van der Waals surface area contributed by atoms with Crippen molar-refractivity contribution in [2.24, 2.45) is 0 Å². The van der Waals surface area contributed by atoms with Crippen LogP contribution in [0.25, 0.3) is 22.3 Å². The molecule has 44 heavy (non-hydrogen) atoms. The average molecular weight is 597 g/mol. The zero-order valence-corrected chi connectivity index (χ0v) is 24.5. The summed E-state index contributed by atoms with van der Waals surface area (Å²) < 4.78 is 23.0. The molecule has 2 aromatic carbocycles. The maximum absolute atomic E-state index is 15.6. The number of aromatic nitrogens is 4. The zero-order chi connectivity index (χ0) is 31.0. The number of halogens is 1. The summed E-state index contributed by atoms with van der Waals surface area (Å²) in [6.07, 6.45) is 4.38. The lowest BCUT2D eigenvalue weighted by molar-refractivity contribution is -0.129. The van der Waals surface area contributed by atoms with Gasteiger partial charge in [0.1, 0.15) is 53.0 Å². The number of likely N-dealkylation sites (tertiary alicyclic amines) is 2. The molecule has 2 saturated heterocycles. The number of hydrogen-bond donors (Lipinski definition) is 2. The van der Waals surface area contributed by atoms with E-state index in [9.17, 15) is 15.2 Å². The number of aliphatic hydroxyl groups excluding tert-OH is 1. The highest BCUT2D eigenvalue weighted by Crippen LogP contribution is 2.37. The summed E-state index contributed by atoms with van der Waals surface area (Å²) in [6, 6.07) is 15.4. The van der Waals surface area contributed by atoms with Gasteiger partial charge in [-0.1, -0.05) is 18.2 Å². The fourth-order valence-corrected chi connectivity index (χ4v) is 5.95. The van der Waals surface area contributed by atoms with Crippen molar-refractivity contribution in [2.45, 2.75) is 50.9 Å². The first-order valence-corrected chi connectivity index (χ1v) is 14.5. The number of benzene rings is 2. The molecule has 11 nitrogen and oxygen atoms in total. The number of fused-ring (bicyclic) bond motifs is 1. The summed E-state index contributed by atoms with van der Waals surface area (Å²) in [5, 5.41) is 25.2. The number of para-hydroxylation sites is 1. The summed E-state index contributed by atoms with van der Waals surface area (Å²) in [5.74, 6) is 0.146. The first-order chi connectivity index (χ1) is 21.2. The Morgan fingerprint density at radius 1 is 1.16 bits per heavy atom. The fraction of sp³-hybridized carbons (Fsp3) is 0.344. The van der Waals surface area contributed by atoms with E-state index in [-0.39, 0.29) is 41.1 Å². The number of hydrogen-bond acceptors (Lipinski definition) is 9. The van der Waals surface area contributed by atoms with E-state index in [1.165, 1.54) is 12.4 Å². The van der Waals surface area contributed by atoms with Crippen molar-refractivity contribution in [3.05, 3.63) is 72.3 Å². The standard InChI is InChI=1S/C32H33FN8O3/c1-32(2,40-14-12-26(40)42)16-20(17-34)31(43)39-13-6-7-21(18-39)41-30-27(29(35)36-19-37-30)28(38-41)24-11-10-23(15-25(24)33)44-22-8-4-3-5-9-22/h3-5,8-11,15-16,19,21,26,42H,6-7,12-14,18H2,1-2H3,(H2,35,36,37)/b20-16-/t21-,26?/m1/s1. The van der Waals surface area contributed by atoms with Crippen LogP contribution in [-0.2, 0) is 4.79 Å². The number of nitrogen functional groups attached to an aromatic ring is 1. The van der Waals surface area contributed by atoms with Crippen LogP contribution in [0.4, 0.5) is 10.2 Å². The van der Waals surface area contributed by atoms with E-state index in [1.807, 2.05) is 36.9 Å². The highest BCUT2D eigenvalue weighted by molar-refractivity contribution is 5.99. The summed E-state index contributed by atoms with van der Waals surface area (Å²) >= 11 is 0. The molecule has 0 radical (unpaired) electrons. The van der Waals surface area contributed by atoms with E-state index in [2.05, 4.69) is 16.0 Å². The summed E-state index contributed by atoms with van der Waals surface area (Å²) in [4.78, 5) is 25.6. The van der Waals surface area contributed by atoms with Crippen molar-refractivity contribution in [3.8, 4) is 28.8 Å². The topological polar surface area (TPSA) is 146 Å². The van der Waals surface area contributed by atoms with Crippen LogP contribution >= 0.6 is 0 Å². The molecule has 1 unspecified atom stereocenters. The van der Waals surface area contributed by atoms with E-state index in [0.717, 1.165) is 0 Å². The third-order valence-electron chi connectivity index (χ3n) is 8.30. The number of nitrogens with two attached hydrogens (primary N) is 1. The van der Waals surface area contributed by atoms with Crippen LogP contribution in [0.2, 0.25) is 0 Å². The molecule has 2 atom stereocenters. The van der Waals surface area contributed by atoms with Gasteiger partial charge < -0.3 is 20.5 Å². The Bertz CT molecular complexity index is 1780. The third-order valence-corrected chi connectivity index (χ3v) is 8.30. The van der Waals surface area contributed by atoms with Crippen molar-refractivity contribution in [1.82, 2.24) is 29.5 Å². The Kier molecular flexibility index (Phi) is 7.75. The van der Waals surface area contributed by atoms with Crippen molar-refractivity contribution >= 4 is 22.8 Å². The van der Waals surface area contributed by atoms with Crippen LogP contribution < -0.4 is 10.5 Å². The maximum atomic E-state index is 15.6. The first-order valence-electron chi connectivity index (χ1n) is 14.5. The molecule has 12 heteroatoms. The van der Waals surface area contributed by atoms with Gasteiger partial charge in [-0.2, -0.15) is 10.4 Å². The Labute approximate surface area is 254 Å². The zero-order valence-electron chi connectivity index (χ0n) is 24.5. The molecule has 2 fully saturated rings. The lowest BCUT2D eigenvalue weighted by Crippen LogP contribution is -2.57. The predicted octanol–water partition coefficient (Wildman–Crippen LogP) is 4.42. The molecule has 3 N–H and O–H groups in total. The molecule has 4 aromatic rings. The quantitative estimate of drug-likeness (QED) is 0.234. The molecule has 2 aromatic heterocycles. The van der Waals surface area contributed by atoms with Gasteiger partial charge in [0.15, 0.2) is 5.65 Å². The van der Waals surface area contributed by atoms with Gasteiger partial charge in [-0.05, 0) is 63.5 Å². The number of anilines is 1. The van der Waals surface area contributed by atoms with Gasteiger partial charge >= 0.3 is 0 Å². The fourth-order valence-electron chi connectivity index (χ4n) is 5.95. The van der Waals surface area contributed by atoms with Crippen molar-refractivity contribution in [1.29, 1.82) is 5.26 Å². The van der Waals surface area contributed by atoms with Gasteiger partial charge in [0.05, 0.1) is 11.4 Å². The monoisotopic (exact) mass is 596 g/mol. The number of nitriles is 1. The van der Waals surface area contributed by atoms with Crippen LogP contribution in [0, 0.1) is 17.1 Å². The third kappa shape index (κ3) is 5.47. The molecular weight excluding hydrogens is 563 g/mol. The number of amides is 1. The van der Waals surface area contributed by atoms with Crippen LogP contribution in [0.5, 0.6) is 11.5 Å². The summed E-state index contributed by atoms with van der Waals surface area (Å²) in [5.41, 5.74) is 6.57. The largest absolute Gasteiger partial charge is 0.457 e. The number of carbonyl (C=O) groups is 1. The minimum atomic E-state index is -0.666. The number of ether oxygens (including phenoxy) is 1. The average Bonchev–Trinajstić information content (AvgIpc) is 3.40. The molecular formula is C32H33FN8O3. The van der Waals surface area contributed by atoms with Gasteiger partial charge in [-0.25, -0.2) is 19.0 Å². The number of rotatable bonds is 7. The minimum absolute atomic E-state index is 0.0206. The Morgan fingerprint density at radius 3 is 2.64 bits per heavy atom. The van der Waals surface area contributed by atoms with E-state index in [4.69, 9.17) is 15.6 Å². The van der Waals surface area contributed by atoms with Crippen molar-refractivity contribution in [3.63, 3.8) is 0 Å². The normalized spacial score (nSPS) is 19.4. The lowest BCUT2D eigenvalue weighted by atomic mass is 9.93. The lowest BCUT2D eigenvalue weighted by Gasteiger charge is -2.47. The van der Waals surface area contributed by atoms with Crippen LogP contribution in [-0.4, -0.2) is 72.0 Å². The molecule has 6 rings (SSSR count). The van der Waals surface area contributed by atoms with Crippen LogP contribution in [0.3, 0.4) is 0 Å². The highest BCUT2D eigenvalue weighted by atomic mass is 19.1. The second-order valence-electron chi connectivity index (χ2n) is 11.6. The second-order valence-corrected chi connectivity index (χ2v) is 11.6. The molecule has 2 aliphatic heterocycles. The van der Waals surface area contributed by atoms with Gasteiger partial charge in [0.2, 0.25) is 0 Å². The molecule has 226 valence electrons.